The number of ether oxygens (including phenoxy) is 1. The minimum atomic E-state index is -0.476. The Labute approximate surface area is 70.2 Å². The molecule has 0 aliphatic carbocycles. The van der Waals surface area contributed by atoms with Crippen molar-refractivity contribution in [3.63, 3.8) is 0 Å². The van der Waals surface area contributed by atoms with E-state index in [1.54, 1.807) is 0 Å². The molecular formula is C8H9NO3. The summed E-state index contributed by atoms with van der Waals surface area (Å²) in [5.41, 5.74) is 0. The van der Waals surface area contributed by atoms with E-state index in [4.69, 9.17) is 0 Å². The first kappa shape index (κ1) is 10.3. The third-order valence-corrected chi connectivity index (χ3v) is 0.880. The molecule has 4 heteroatoms. The molecule has 0 spiro atoms. The standard InChI is InChI=1S/C8H9NO3/c1-2-3-4-8(11)12-6-5-9-7-10/h2-4H,1,5-6H2/b4-3+. The van der Waals surface area contributed by atoms with Gasteiger partial charge in [0.25, 0.3) is 0 Å². The molecule has 0 amide bonds. The van der Waals surface area contributed by atoms with Crippen LogP contribution >= 0.6 is 0 Å². The fourth-order valence-corrected chi connectivity index (χ4v) is 0.432. The van der Waals surface area contributed by atoms with E-state index in [2.05, 4.69) is 16.3 Å². The first-order valence-electron chi connectivity index (χ1n) is 3.30. The van der Waals surface area contributed by atoms with Crippen molar-refractivity contribution in [3.05, 3.63) is 24.8 Å². The highest BCUT2D eigenvalue weighted by molar-refractivity contribution is 5.82. The maximum absolute atomic E-state index is 10.7. The first-order valence-corrected chi connectivity index (χ1v) is 3.30. The Morgan fingerprint density at radius 3 is 3.00 bits per heavy atom. The summed E-state index contributed by atoms with van der Waals surface area (Å²) in [7, 11) is 0. The summed E-state index contributed by atoms with van der Waals surface area (Å²) in [6.45, 7) is 3.62. The van der Waals surface area contributed by atoms with Crippen molar-refractivity contribution in [2.75, 3.05) is 13.2 Å². The van der Waals surface area contributed by atoms with E-state index in [1.807, 2.05) is 0 Å². The molecule has 0 heterocycles. The zero-order valence-electron chi connectivity index (χ0n) is 6.53. The molecule has 0 fully saturated rings. The van der Waals surface area contributed by atoms with Crippen molar-refractivity contribution in [1.82, 2.24) is 0 Å². The molecule has 4 nitrogen and oxygen atoms in total. The van der Waals surface area contributed by atoms with E-state index < -0.39 is 5.97 Å². The second kappa shape index (κ2) is 7.44. The van der Waals surface area contributed by atoms with Crippen LogP contribution in [-0.4, -0.2) is 25.2 Å². The van der Waals surface area contributed by atoms with Crippen molar-refractivity contribution >= 4 is 12.0 Å². The van der Waals surface area contributed by atoms with E-state index in [1.165, 1.54) is 24.3 Å². The lowest BCUT2D eigenvalue weighted by Gasteiger charge is -1.95. The third-order valence-electron chi connectivity index (χ3n) is 0.880. The number of aliphatic imine (C=N–C) groups is 1. The minimum Gasteiger partial charge on any atom is -0.461 e. The number of hydrogen-bond acceptors (Lipinski definition) is 4. The average molecular weight is 167 g/mol. The Morgan fingerprint density at radius 2 is 2.42 bits per heavy atom. The molecule has 0 aromatic carbocycles. The Bertz CT molecular complexity index is 226. The van der Waals surface area contributed by atoms with E-state index in [9.17, 15) is 9.59 Å². The Kier molecular flexibility index (Phi) is 6.40. The van der Waals surface area contributed by atoms with Gasteiger partial charge >= 0.3 is 5.97 Å². The van der Waals surface area contributed by atoms with E-state index in [0.29, 0.717) is 0 Å². The van der Waals surface area contributed by atoms with Gasteiger partial charge in [0.2, 0.25) is 6.08 Å². The van der Waals surface area contributed by atoms with Gasteiger partial charge in [0.05, 0.1) is 6.54 Å². The van der Waals surface area contributed by atoms with Gasteiger partial charge < -0.3 is 4.74 Å². The van der Waals surface area contributed by atoms with Gasteiger partial charge in [0.15, 0.2) is 0 Å². The van der Waals surface area contributed by atoms with Crippen molar-refractivity contribution in [2.24, 2.45) is 4.99 Å². The predicted molar refractivity (Wildman–Crippen MR) is 43.3 cm³/mol. The molecule has 0 aromatic heterocycles. The third kappa shape index (κ3) is 6.45. The van der Waals surface area contributed by atoms with E-state index in [0.717, 1.165) is 0 Å². The van der Waals surface area contributed by atoms with Gasteiger partial charge in [-0.2, -0.15) is 0 Å². The summed E-state index contributed by atoms with van der Waals surface area (Å²) in [5.74, 6) is -0.476. The fraction of sp³-hybridized carbons (Fsp3) is 0.250. The summed E-state index contributed by atoms with van der Waals surface area (Å²) in [5, 5.41) is 0. The number of rotatable bonds is 5. The number of nitrogens with zero attached hydrogens (tertiary/aromatic N) is 1. The molecule has 0 rings (SSSR count). The van der Waals surface area contributed by atoms with Crippen LogP contribution in [0.2, 0.25) is 0 Å². The van der Waals surface area contributed by atoms with Crippen LogP contribution in [0.1, 0.15) is 0 Å². The van der Waals surface area contributed by atoms with Gasteiger partial charge in [0.1, 0.15) is 6.61 Å². The predicted octanol–water partition coefficient (Wildman–Crippen LogP) is 0.608. The first-order chi connectivity index (χ1) is 5.81. The van der Waals surface area contributed by atoms with Crippen LogP contribution in [-0.2, 0) is 14.3 Å². The molecule has 0 atom stereocenters. The minimum absolute atomic E-state index is 0.0928. The lowest BCUT2D eigenvalue weighted by atomic mass is 10.5. The van der Waals surface area contributed by atoms with Gasteiger partial charge in [-0.25, -0.2) is 14.6 Å². The van der Waals surface area contributed by atoms with Crippen LogP contribution in [0.4, 0.5) is 0 Å². The van der Waals surface area contributed by atoms with Crippen molar-refractivity contribution in [3.8, 4) is 0 Å². The summed E-state index contributed by atoms with van der Waals surface area (Å²) < 4.78 is 4.60. The average Bonchev–Trinajstić information content (AvgIpc) is 2.09. The van der Waals surface area contributed by atoms with Crippen LogP contribution in [0.25, 0.3) is 0 Å². The molecule has 0 bridgehead atoms. The zero-order chi connectivity index (χ0) is 9.23. The normalized spacial score (nSPS) is 9.00. The molecule has 0 radical (unpaired) electrons. The van der Waals surface area contributed by atoms with Crippen molar-refractivity contribution in [1.29, 1.82) is 0 Å². The monoisotopic (exact) mass is 167 g/mol. The van der Waals surface area contributed by atoms with Crippen LogP contribution in [0.3, 0.4) is 0 Å². The molecular weight excluding hydrogens is 158 g/mol. The molecule has 0 unspecified atom stereocenters. The van der Waals surface area contributed by atoms with Crippen LogP contribution < -0.4 is 0 Å². The topological polar surface area (TPSA) is 55.7 Å². The van der Waals surface area contributed by atoms with Gasteiger partial charge in [-0.05, 0) is 0 Å². The van der Waals surface area contributed by atoms with Gasteiger partial charge in [0, 0.05) is 6.08 Å². The molecule has 0 aromatic rings. The highest BCUT2D eigenvalue weighted by atomic mass is 16.5. The zero-order valence-corrected chi connectivity index (χ0v) is 6.53. The lowest BCUT2D eigenvalue weighted by molar-refractivity contribution is -0.137. The molecule has 0 aliphatic rings. The summed E-state index contributed by atoms with van der Waals surface area (Å²) in [4.78, 5) is 23.4. The smallest absolute Gasteiger partial charge is 0.330 e. The Balaban J connectivity index is 3.50. The second-order valence-electron chi connectivity index (χ2n) is 1.74. The quantitative estimate of drug-likeness (QED) is 0.150. The van der Waals surface area contributed by atoms with Crippen LogP contribution in [0, 0.1) is 0 Å². The molecule has 0 aliphatic heterocycles. The Hall–Kier alpha value is -1.67. The number of isocyanates is 1. The molecule has 64 valence electrons. The Morgan fingerprint density at radius 1 is 1.67 bits per heavy atom. The molecule has 0 N–H and O–H groups in total. The molecule has 12 heavy (non-hydrogen) atoms. The summed E-state index contributed by atoms with van der Waals surface area (Å²) >= 11 is 0. The SMILES string of the molecule is C=C/C=C/C(=O)OCCN=C=O. The number of carbonyl (C=O) groups is 1. The van der Waals surface area contributed by atoms with E-state index >= 15 is 0 Å². The van der Waals surface area contributed by atoms with Crippen LogP contribution in [0.5, 0.6) is 0 Å². The summed E-state index contributed by atoms with van der Waals surface area (Å²) in [6, 6.07) is 0. The fourth-order valence-electron chi connectivity index (χ4n) is 0.432. The largest absolute Gasteiger partial charge is 0.461 e. The lowest BCUT2D eigenvalue weighted by Crippen LogP contribution is -2.04. The van der Waals surface area contributed by atoms with Gasteiger partial charge in [-0.1, -0.05) is 18.7 Å². The van der Waals surface area contributed by atoms with Crippen molar-refractivity contribution in [2.45, 2.75) is 0 Å². The second-order valence-corrected chi connectivity index (χ2v) is 1.74. The highest BCUT2D eigenvalue weighted by Gasteiger charge is 1.93. The van der Waals surface area contributed by atoms with E-state index in [-0.39, 0.29) is 13.2 Å². The highest BCUT2D eigenvalue weighted by Crippen LogP contribution is 1.82. The van der Waals surface area contributed by atoms with Crippen molar-refractivity contribution < 1.29 is 14.3 Å². The maximum Gasteiger partial charge on any atom is 0.330 e. The molecule has 0 saturated carbocycles. The number of hydrogen-bond donors (Lipinski definition) is 0. The summed E-state index contributed by atoms with van der Waals surface area (Å²) in [6.07, 6.45) is 5.49. The number of esters is 1. The van der Waals surface area contributed by atoms with Gasteiger partial charge in [-0.3, -0.25) is 0 Å². The maximum atomic E-state index is 10.7. The molecule has 0 saturated heterocycles. The number of allylic oxidation sites excluding steroid dienone is 2. The number of carbonyl (C=O) groups excluding carboxylic acids is 2. The van der Waals surface area contributed by atoms with Gasteiger partial charge in [-0.15, -0.1) is 0 Å². The van der Waals surface area contributed by atoms with Crippen LogP contribution in [0.15, 0.2) is 29.8 Å².